The molecule has 0 saturated heterocycles. The number of carbonyl (C=O) groups excluding carboxylic acids is 3. The molecule has 9 heteroatoms. The lowest BCUT2D eigenvalue weighted by molar-refractivity contribution is -0.125. The third-order valence-electron chi connectivity index (χ3n) is 3.63. The number of halogens is 1. The molecule has 0 aliphatic heterocycles. The third-order valence-corrected chi connectivity index (χ3v) is 3.87. The van der Waals surface area contributed by atoms with Gasteiger partial charge in [0.25, 0.3) is 11.8 Å². The highest BCUT2D eigenvalue weighted by Gasteiger charge is 2.17. The van der Waals surface area contributed by atoms with Crippen molar-refractivity contribution in [2.45, 2.75) is 6.92 Å². The molecule has 2 rings (SSSR count). The van der Waals surface area contributed by atoms with Crippen LogP contribution in [0.4, 0.5) is 0 Å². The van der Waals surface area contributed by atoms with Crippen molar-refractivity contribution in [2.24, 2.45) is 0 Å². The molecule has 2 aromatic carbocycles. The number of aryl methyl sites for hydroxylation is 1. The van der Waals surface area contributed by atoms with E-state index < -0.39 is 24.4 Å². The standard InChI is InChI=1S/C19H19ClN2O6/c1-11-4-6-16(27-3)14(8-11)19(25)28-10-17(23)21-22-18(24)13-9-12(20)5-7-15(13)26-2/h4-9H,10H2,1-3H3,(H,21,23)(H,22,24). The van der Waals surface area contributed by atoms with Crippen LogP contribution >= 0.6 is 11.6 Å². The number of carbonyl (C=O) groups is 3. The van der Waals surface area contributed by atoms with Crippen molar-refractivity contribution in [2.75, 3.05) is 20.8 Å². The van der Waals surface area contributed by atoms with E-state index >= 15 is 0 Å². The largest absolute Gasteiger partial charge is 0.496 e. The third kappa shape index (κ3) is 5.37. The fourth-order valence-electron chi connectivity index (χ4n) is 2.28. The van der Waals surface area contributed by atoms with Crippen molar-refractivity contribution in [1.82, 2.24) is 10.9 Å². The Morgan fingerprint density at radius 1 is 0.929 bits per heavy atom. The summed E-state index contributed by atoms with van der Waals surface area (Å²) in [5.41, 5.74) is 5.52. The van der Waals surface area contributed by atoms with Crippen molar-refractivity contribution in [3.63, 3.8) is 0 Å². The average molecular weight is 407 g/mol. The maximum Gasteiger partial charge on any atom is 0.342 e. The van der Waals surface area contributed by atoms with E-state index in [4.69, 9.17) is 25.8 Å². The molecule has 0 fully saturated rings. The van der Waals surface area contributed by atoms with Crippen LogP contribution < -0.4 is 20.3 Å². The van der Waals surface area contributed by atoms with E-state index in [0.717, 1.165) is 5.56 Å². The summed E-state index contributed by atoms with van der Waals surface area (Å²) in [6.45, 7) is 1.21. The van der Waals surface area contributed by atoms with Gasteiger partial charge in [-0.05, 0) is 37.3 Å². The second-order valence-electron chi connectivity index (χ2n) is 5.63. The molecule has 0 unspecified atom stereocenters. The molecule has 2 amide bonds. The topological polar surface area (TPSA) is 103 Å². The predicted octanol–water partition coefficient (Wildman–Crippen LogP) is 2.28. The second-order valence-corrected chi connectivity index (χ2v) is 6.06. The summed E-state index contributed by atoms with van der Waals surface area (Å²) in [6.07, 6.45) is 0. The molecule has 28 heavy (non-hydrogen) atoms. The molecule has 0 heterocycles. The van der Waals surface area contributed by atoms with E-state index in [9.17, 15) is 14.4 Å². The summed E-state index contributed by atoms with van der Waals surface area (Å²) in [7, 11) is 2.82. The summed E-state index contributed by atoms with van der Waals surface area (Å²) in [6, 6.07) is 9.48. The quantitative estimate of drug-likeness (QED) is 0.563. The Hall–Kier alpha value is -3.26. The molecule has 0 atom stereocenters. The first-order valence-corrected chi connectivity index (χ1v) is 8.48. The number of hydrazine groups is 1. The lowest BCUT2D eigenvalue weighted by atomic mass is 10.1. The monoisotopic (exact) mass is 406 g/mol. The van der Waals surface area contributed by atoms with Crippen LogP contribution in [0.25, 0.3) is 0 Å². The van der Waals surface area contributed by atoms with Crippen LogP contribution in [0, 0.1) is 6.92 Å². The highest BCUT2D eigenvalue weighted by molar-refractivity contribution is 6.31. The fourth-order valence-corrected chi connectivity index (χ4v) is 2.45. The van der Waals surface area contributed by atoms with Crippen molar-refractivity contribution < 1.29 is 28.6 Å². The van der Waals surface area contributed by atoms with E-state index in [1.165, 1.54) is 26.4 Å². The van der Waals surface area contributed by atoms with Gasteiger partial charge < -0.3 is 14.2 Å². The smallest absolute Gasteiger partial charge is 0.342 e. The van der Waals surface area contributed by atoms with Crippen molar-refractivity contribution in [3.8, 4) is 11.5 Å². The van der Waals surface area contributed by atoms with E-state index in [-0.39, 0.29) is 16.9 Å². The number of esters is 1. The number of methoxy groups -OCH3 is 2. The van der Waals surface area contributed by atoms with E-state index in [2.05, 4.69) is 10.9 Å². The van der Waals surface area contributed by atoms with Crippen LogP contribution in [0.15, 0.2) is 36.4 Å². The molecule has 0 saturated carbocycles. The van der Waals surface area contributed by atoms with Gasteiger partial charge in [-0.1, -0.05) is 23.2 Å². The molecular weight excluding hydrogens is 388 g/mol. The Morgan fingerprint density at radius 3 is 2.25 bits per heavy atom. The molecular formula is C19H19ClN2O6. The van der Waals surface area contributed by atoms with Crippen molar-refractivity contribution in [3.05, 3.63) is 58.1 Å². The van der Waals surface area contributed by atoms with Crippen LogP contribution in [0.1, 0.15) is 26.3 Å². The van der Waals surface area contributed by atoms with Gasteiger partial charge in [-0.25, -0.2) is 4.79 Å². The maximum atomic E-state index is 12.2. The van der Waals surface area contributed by atoms with Crippen LogP contribution in [0.2, 0.25) is 5.02 Å². The van der Waals surface area contributed by atoms with E-state index in [1.807, 2.05) is 6.92 Å². The van der Waals surface area contributed by atoms with Crippen LogP contribution in [0.5, 0.6) is 11.5 Å². The Balaban J connectivity index is 1.91. The lowest BCUT2D eigenvalue weighted by Gasteiger charge is -2.12. The van der Waals surface area contributed by atoms with Gasteiger partial charge in [0.1, 0.15) is 17.1 Å². The molecule has 0 aliphatic carbocycles. The van der Waals surface area contributed by atoms with Crippen molar-refractivity contribution >= 4 is 29.4 Å². The number of hydrogen-bond acceptors (Lipinski definition) is 6. The highest BCUT2D eigenvalue weighted by atomic mass is 35.5. The van der Waals surface area contributed by atoms with E-state index in [1.54, 1.807) is 24.3 Å². The van der Waals surface area contributed by atoms with Gasteiger partial charge in [-0.2, -0.15) is 0 Å². The number of rotatable bonds is 6. The minimum Gasteiger partial charge on any atom is -0.496 e. The fraction of sp³-hybridized carbons (Fsp3) is 0.211. The number of hydrogen-bond donors (Lipinski definition) is 2. The Kier molecular flexibility index (Phi) is 7.22. The highest BCUT2D eigenvalue weighted by Crippen LogP contribution is 2.22. The van der Waals surface area contributed by atoms with Crippen LogP contribution in [-0.4, -0.2) is 38.6 Å². The number of benzene rings is 2. The molecule has 0 radical (unpaired) electrons. The molecule has 0 bridgehead atoms. The van der Waals surface area contributed by atoms with Gasteiger partial charge in [0.2, 0.25) is 0 Å². The van der Waals surface area contributed by atoms with Gasteiger partial charge >= 0.3 is 5.97 Å². The van der Waals surface area contributed by atoms with Crippen LogP contribution in [0.3, 0.4) is 0 Å². The van der Waals surface area contributed by atoms with Gasteiger partial charge in [-0.15, -0.1) is 0 Å². The Bertz CT molecular complexity index is 828. The first-order valence-electron chi connectivity index (χ1n) is 8.10. The minimum absolute atomic E-state index is 0.136. The summed E-state index contributed by atoms with van der Waals surface area (Å²) in [5.74, 6) is -1.47. The minimum atomic E-state index is -0.727. The summed E-state index contributed by atoms with van der Waals surface area (Å²) >= 11 is 5.87. The zero-order valence-electron chi connectivity index (χ0n) is 15.5. The average Bonchev–Trinajstić information content (AvgIpc) is 2.70. The molecule has 0 aromatic heterocycles. The molecule has 0 spiro atoms. The predicted molar refractivity (Wildman–Crippen MR) is 102 cm³/mol. The zero-order chi connectivity index (χ0) is 20.7. The Labute approximate surface area is 166 Å². The van der Waals surface area contributed by atoms with Gasteiger partial charge in [0, 0.05) is 5.02 Å². The summed E-state index contributed by atoms with van der Waals surface area (Å²) in [4.78, 5) is 36.2. The number of amides is 2. The van der Waals surface area contributed by atoms with Gasteiger partial charge in [0.15, 0.2) is 6.61 Å². The molecule has 0 aliphatic rings. The number of ether oxygens (including phenoxy) is 3. The Morgan fingerprint density at radius 2 is 1.57 bits per heavy atom. The van der Waals surface area contributed by atoms with Crippen LogP contribution in [-0.2, 0) is 9.53 Å². The zero-order valence-corrected chi connectivity index (χ0v) is 16.3. The lowest BCUT2D eigenvalue weighted by Crippen LogP contribution is -2.43. The SMILES string of the molecule is COc1ccc(Cl)cc1C(=O)NNC(=O)COC(=O)c1cc(C)ccc1OC. The first-order chi connectivity index (χ1) is 13.3. The first kappa shape index (κ1) is 21.0. The molecule has 2 N–H and O–H groups in total. The van der Waals surface area contributed by atoms with Gasteiger partial charge in [0.05, 0.1) is 19.8 Å². The van der Waals surface area contributed by atoms with E-state index in [0.29, 0.717) is 10.8 Å². The second kappa shape index (κ2) is 9.61. The normalized spacial score (nSPS) is 10.0. The van der Waals surface area contributed by atoms with Crippen molar-refractivity contribution in [1.29, 1.82) is 0 Å². The molecule has 148 valence electrons. The maximum absolute atomic E-state index is 12.2. The summed E-state index contributed by atoms with van der Waals surface area (Å²) in [5, 5.41) is 0.332. The summed E-state index contributed by atoms with van der Waals surface area (Å²) < 4.78 is 15.1. The van der Waals surface area contributed by atoms with Gasteiger partial charge in [-0.3, -0.25) is 20.4 Å². The molecule has 8 nitrogen and oxygen atoms in total. The number of nitrogens with one attached hydrogen (secondary N) is 2. The molecule has 2 aromatic rings.